The second-order valence-electron chi connectivity index (χ2n) is 22.5. The first-order chi connectivity index (χ1) is 37.7. The van der Waals surface area contributed by atoms with E-state index < -0.39 is 0 Å². The maximum atomic E-state index is 11.1. The highest BCUT2D eigenvalue weighted by Gasteiger charge is 2.05. The Kier molecular flexibility index (Phi) is 72.9. The Morgan fingerprint density at radius 2 is 0.308 bits per heavy atom. The molecule has 0 aromatic rings. The number of hydrogen-bond acceptors (Lipinski definition) is 8. The third-order valence-electron chi connectivity index (χ3n) is 13.8. The zero-order valence-electron chi connectivity index (χ0n) is 53.4. The normalized spacial score (nSPS) is 10.5. The van der Waals surface area contributed by atoms with E-state index in [1.54, 1.807) is 27.7 Å². The summed E-state index contributed by atoms with van der Waals surface area (Å²) in [5, 5.41) is 0. The second-order valence-corrected chi connectivity index (χ2v) is 22.5. The third kappa shape index (κ3) is 74.9. The van der Waals surface area contributed by atoms with Crippen LogP contribution in [0.15, 0.2) is 48.6 Å². The highest BCUT2D eigenvalue weighted by atomic mass is 16.5. The van der Waals surface area contributed by atoms with Gasteiger partial charge in [0.25, 0.3) is 0 Å². The van der Waals surface area contributed by atoms with Gasteiger partial charge >= 0.3 is 23.9 Å². The molecule has 0 bridgehead atoms. The van der Waals surface area contributed by atoms with Crippen molar-refractivity contribution < 1.29 is 38.1 Å². The van der Waals surface area contributed by atoms with E-state index in [1.165, 1.54) is 270 Å². The summed E-state index contributed by atoms with van der Waals surface area (Å²) in [6.45, 7) is 32.2. The number of carbonyl (C=O) groups excluding carboxylic acids is 4. The number of esters is 4. The number of unbranched alkanes of at least 4 members (excludes halogenated alkanes) is 42. The molecule has 0 amide bonds. The van der Waals surface area contributed by atoms with Crippen LogP contribution in [0, 0.1) is 0 Å². The molecule has 0 rings (SSSR count). The maximum Gasteiger partial charge on any atom is 0.333 e. The van der Waals surface area contributed by atoms with Crippen molar-refractivity contribution in [1.29, 1.82) is 0 Å². The van der Waals surface area contributed by atoms with Crippen molar-refractivity contribution in [2.24, 2.45) is 0 Å². The molecule has 0 radical (unpaired) electrons. The van der Waals surface area contributed by atoms with E-state index in [2.05, 4.69) is 54.0 Å². The molecule has 0 aliphatic rings. The van der Waals surface area contributed by atoms with Crippen LogP contribution in [0.1, 0.15) is 351 Å². The molecule has 0 saturated carbocycles. The Bertz CT molecular complexity index is 1370. The van der Waals surface area contributed by atoms with Gasteiger partial charge < -0.3 is 18.9 Å². The molecular weight excluding hydrogens is 969 g/mol. The van der Waals surface area contributed by atoms with Crippen LogP contribution in [0.2, 0.25) is 0 Å². The SMILES string of the molecule is C=C(C)C(=O)OCCCCCCCCCCCC.C=C(C)C(=O)OCCCCCCCCCCCCC.C=C(C)C(=O)OCCCCCCCCCCCCCC.C=C(C)C(=O)OCCCCCCCCCCCCCCC. The summed E-state index contributed by atoms with van der Waals surface area (Å²) in [4.78, 5) is 44.4. The minimum atomic E-state index is -0.258. The second kappa shape index (κ2) is 69.9. The summed E-state index contributed by atoms with van der Waals surface area (Å²) in [7, 11) is 0. The van der Waals surface area contributed by atoms with Gasteiger partial charge in [-0.25, -0.2) is 19.2 Å². The minimum absolute atomic E-state index is 0.256. The van der Waals surface area contributed by atoms with Gasteiger partial charge in [0.15, 0.2) is 0 Å². The Morgan fingerprint density at radius 3 is 0.410 bits per heavy atom. The topological polar surface area (TPSA) is 105 Å². The third-order valence-corrected chi connectivity index (χ3v) is 13.8. The van der Waals surface area contributed by atoms with Gasteiger partial charge in [0.2, 0.25) is 0 Å². The Labute approximate surface area is 485 Å². The van der Waals surface area contributed by atoms with Crippen molar-refractivity contribution in [3.63, 3.8) is 0 Å². The van der Waals surface area contributed by atoms with E-state index in [-0.39, 0.29) is 23.9 Å². The van der Waals surface area contributed by atoms with E-state index in [1.807, 2.05) is 0 Å². The van der Waals surface area contributed by atoms with Gasteiger partial charge in [-0.15, -0.1) is 0 Å². The van der Waals surface area contributed by atoms with Crippen LogP contribution < -0.4 is 0 Å². The molecule has 0 aliphatic carbocycles. The zero-order chi connectivity index (χ0) is 58.8. The molecule has 0 atom stereocenters. The molecule has 460 valence electrons. The van der Waals surface area contributed by atoms with Crippen LogP contribution in [0.25, 0.3) is 0 Å². The van der Waals surface area contributed by atoms with Crippen molar-refractivity contribution in [2.45, 2.75) is 351 Å². The standard InChI is InChI=1S/C19H36O2.C18H34O2.C17H32O2.C16H30O2/c1-4-5-6-7-8-9-10-11-12-13-14-15-16-17-21-19(20)18(2)3;1-4-5-6-7-8-9-10-11-12-13-14-15-16-20-18(19)17(2)3;1-4-5-6-7-8-9-10-11-12-13-14-15-19-17(18)16(2)3;1-4-5-6-7-8-9-10-11-12-13-14-18-16(17)15(2)3/h2,4-17H2,1,3H3;2,4-16H2,1,3H3;2,4-15H2,1,3H3;2,4-14H2,1,3H3. The molecule has 0 fully saturated rings. The average Bonchev–Trinajstić information content (AvgIpc) is 3.42. The lowest BCUT2D eigenvalue weighted by molar-refractivity contribution is -0.139. The van der Waals surface area contributed by atoms with Gasteiger partial charge in [-0.1, -0.05) is 324 Å². The Morgan fingerprint density at radius 1 is 0.205 bits per heavy atom. The molecule has 0 aromatic heterocycles. The quantitative estimate of drug-likeness (QED) is 0.0257. The number of hydrogen-bond donors (Lipinski definition) is 0. The zero-order valence-corrected chi connectivity index (χ0v) is 53.4. The molecule has 0 heterocycles. The van der Waals surface area contributed by atoms with Gasteiger partial charge in [-0.2, -0.15) is 0 Å². The largest absolute Gasteiger partial charge is 0.462 e. The van der Waals surface area contributed by atoms with E-state index in [4.69, 9.17) is 18.9 Å². The van der Waals surface area contributed by atoms with Gasteiger partial charge in [0, 0.05) is 22.3 Å². The number of carbonyl (C=O) groups is 4. The summed E-state index contributed by atoms with van der Waals surface area (Å²) in [5.74, 6) is -1.03. The average molecular weight is 1100 g/mol. The van der Waals surface area contributed by atoms with E-state index in [0.29, 0.717) is 48.7 Å². The van der Waals surface area contributed by atoms with Crippen LogP contribution in [0.3, 0.4) is 0 Å². The van der Waals surface area contributed by atoms with Crippen LogP contribution in [-0.4, -0.2) is 50.3 Å². The molecule has 8 nitrogen and oxygen atoms in total. The van der Waals surface area contributed by atoms with Gasteiger partial charge in [-0.3, -0.25) is 0 Å². The van der Waals surface area contributed by atoms with Crippen molar-refractivity contribution in [3.8, 4) is 0 Å². The van der Waals surface area contributed by atoms with Gasteiger partial charge in [0.1, 0.15) is 0 Å². The fourth-order valence-electron chi connectivity index (χ4n) is 8.57. The fourth-order valence-corrected chi connectivity index (χ4v) is 8.57. The van der Waals surface area contributed by atoms with Crippen LogP contribution in [0.4, 0.5) is 0 Å². The number of ether oxygens (including phenoxy) is 4. The highest BCUT2D eigenvalue weighted by Crippen LogP contribution is 2.16. The smallest absolute Gasteiger partial charge is 0.333 e. The lowest BCUT2D eigenvalue weighted by Gasteiger charge is -2.04. The molecule has 0 N–H and O–H groups in total. The Balaban J connectivity index is -0.000000469. The fraction of sp³-hybridized carbons (Fsp3) is 0.829. The van der Waals surface area contributed by atoms with Crippen LogP contribution >= 0.6 is 0 Å². The summed E-state index contributed by atoms with van der Waals surface area (Å²) >= 11 is 0. The monoisotopic (exact) mass is 1100 g/mol. The molecule has 0 saturated heterocycles. The van der Waals surface area contributed by atoms with Crippen molar-refractivity contribution >= 4 is 23.9 Å². The molecule has 0 unspecified atom stereocenters. The van der Waals surface area contributed by atoms with E-state index in [0.717, 1.165) is 25.7 Å². The van der Waals surface area contributed by atoms with Crippen molar-refractivity contribution in [1.82, 2.24) is 0 Å². The minimum Gasteiger partial charge on any atom is -0.462 e. The summed E-state index contributed by atoms with van der Waals surface area (Å²) < 4.78 is 20.2. The molecule has 0 aliphatic heterocycles. The Hall–Kier alpha value is -3.16. The first-order valence-corrected chi connectivity index (χ1v) is 33.0. The lowest BCUT2D eigenvalue weighted by atomic mass is 10.0. The molecule has 78 heavy (non-hydrogen) atoms. The molecule has 8 heteroatoms. The van der Waals surface area contributed by atoms with Gasteiger partial charge in [-0.05, 0) is 53.4 Å². The molecule has 0 spiro atoms. The molecule has 0 aromatic carbocycles. The molecular formula is C70H132O8. The highest BCUT2D eigenvalue weighted by molar-refractivity contribution is 5.88. The van der Waals surface area contributed by atoms with Crippen molar-refractivity contribution in [2.75, 3.05) is 26.4 Å². The summed E-state index contributed by atoms with van der Waals surface area (Å²) in [6.07, 6.45) is 60.6. The maximum absolute atomic E-state index is 11.1. The van der Waals surface area contributed by atoms with Crippen molar-refractivity contribution in [3.05, 3.63) is 48.6 Å². The lowest BCUT2D eigenvalue weighted by Crippen LogP contribution is -2.05. The summed E-state index contributed by atoms with van der Waals surface area (Å²) in [6, 6.07) is 0. The predicted octanol–water partition coefficient (Wildman–Crippen LogP) is 22.4. The first-order valence-electron chi connectivity index (χ1n) is 33.0. The van der Waals surface area contributed by atoms with E-state index in [9.17, 15) is 19.2 Å². The van der Waals surface area contributed by atoms with Gasteiger partial charge in [0.05, 0.1) is 26.4 Å². The summed E-state index contributed by atoms with van der Waals surface area (Å²) in [5.41, 5.74) is 1.96. The van der Waals surface area contributed by atoms with Crippen LogP contribution in [0.5, 0.6) is 0 Å². The van der Waals surface area contributed by atoms with Crippen LogP contribution in [-0.2, 0) is 38.1 Å². The van der Waals surface area contributed by atoms with E-state index >= 15 is 0 Å². The predicted molar refractivity (Wildman–Crippen MR) is 338 cm³/mol. The first kappa shape index (κ1) is 81.3. The number of rotatable bonds is 54.